The first-order valence-corrected chi connectivity index (χ1v) is 7.23. The number of rotatable bonds is 3. The maximum absolute atomic E-state index is 12.8. The van der Waals surface area contributed by atoms with Crippen LogP contribution in [0.3, 0.4) is 0 Å². The topological polar surface area (TPSA) is 46.2 Å². The molecular weight excluding hydrogens is 360 g/mol. The van der Waals surface area contributed by atoms with E-state index in [0.717, 1.165) is 12.8 Å². The second kappa shape index (κ2) is 7.49. The molecule has 3 N–H and O–H groups in total. The SMILES string of the molecule is Cl.N[C@H](c1cc(C(F)(F)F)cc(C(F)(F)F)c1)[C@@H](O)C1CCCC1. The van der Waals surface area contributed by atoms with Crippen LogP contribution < -0.4 is 5.73 Å². The van der Waals surface area contributed by atoms with Crippen molar-refractivity contribution in [3.63, 3.8) is 0 Å². The van der Waals surface area contributed by atoms with Crippen LogP contribution >= 0.6 is 12.4 Å². The first-order chi connectivity index (χ1) is 10.5. The van der Waals surface area contributed by atoms with E-state index in [2.05, 4.69) is 0 Å². The third kappa shape index (κ3) is 4.77. The van der Waals surface area contributed by atoms with Crippen molar-refractivity contribution < 1.29 is 31.4 Å². The fraction of sp³-hybridized carbons (Fsp3) is 0.600. The molecule has 0 heterocycles. The standard InChI is InChI=1S/C15H17F6NO.ClH/c16-14(17,18)10-5-9(6-11(7-10)15(19,20)21)12(22)13(23)8-3-1-2-4-8;/h5-8,12-13,23H,1-4,22H2;1H/t12-,13+;/m1./s1. The highest BCUT2D eigenvalue weighted by atomic mass is 35.5. The first kappa shape index (κ1) is 21.1. The smallest absolute Gasteiger partial charge is 0.391 e. The van der Waals surface area contributed by atoms with E-state index in [1.807, 2.05) is 0 Å². The number of aliphatic hydroxyl groups excluding tert-OH is 1. The second-order valence-corrected chi connectivity index (χ2v) is 5.90. The minimum Gasteiger partial charge on any atom is -0.391 e. The molecule has 0 unspecified atom stereocenters. The molecule has 0 bridgehead atoms. The highest BCUT2D eigenvalue weighted by Crippen LogP contribution is 2.39. The van der Waals surface area contributed by atoms with Crippen LogP contribution in [0.5, 0.6) is 0 Å². The van der Waals surface area contributed by atoms with Crippen molar-refractivity contribution >= 4 is 12.4 Å². The lowest BCUT2D eigenvalue weighted by Crippen LogP contribution is -2.32. The summed E-state index contributed by atoms with van der Waals surface area (Å²) in [5.41, 5.74) is 2.56. The number of hydrogen-bond acceptors (Lipinski definition) is 2. The van der Waals surface area contributed by atoms with Gasteiger partial charge in [-0.2, -0.15) is 26.3 Å². The summed E-state index contributed by atoms with van der Waals surface area (Å²) in [6.07, 6.45) is -7.94. The van der Waals surface area contributed by atoms with Crippen LogP contribution in [-0.4, -0.2) is 11.2 Å². The molecule has 0 saturated heterocycles. The van der Waals surface area contributed by atoms with Crippen molar-refractivity contribution in [2.24, 2.45) is 11.7 Å². The molecular formula is C15H18ClF6NO. The molecule has 2 nitrogen and oxygen atoms in total. The molecule has 2 atom stereocenters. The normalized spacial score (nSPS) is 19.0. The molecule has 1 aromatic carbocycles. The predicted octanol–water partition coefficient (Wildman–Crippen LogP) is 4.70. The molecule has 9 heteroatoms. The highest BCUT2D eigenvalue weighted by Gasteiger charge is 2.38. The average molecular weight is 378 g/mol. The van der Waals surface area contributed by atoms with Gasteiger partial charge >= 0.3 is 12.4 Å². The van der Waals surface area contributed by atoms with Crippen LogP contribution in [-0.2, 0) is 12.4 Å². The molecule has 1 fully saturated rings. The summed E-state index contributed by atoms with van der Waals surface area (Å²) in [5.74, 6) is -0.200. The first-order valence-electron chi connectivity index (χ1n) is 7.23. The lowest BCUT2D eigenvalue weighted by Gasteiger charge is -2.26. The zero-order valence-electron chi connectivity index (χ0n) is 12.5. The largest absolute Gasteiger partial charge is 0.416 e. The maximum Gasteiger partial charge on any atom is 0.416 e. The summed E-state index contributed by atoms with van der Waals surface area (Å²) in [5, 5.41) is 10.2. The molecule has 0 aromatic heterocycles. The van der Waals surface area contributed by atoms with Crippen molar-refractivity contribution in [3.8, 4) is 0 Å². The van der Waals surface area contributed by atoms with E-state index in [0.29, 0.717) is 25.0 Å². The fourth-order valence-corrected chi connectivity index (χ4v) is 2.96. The van der Waals surface area contributed by atoms with Gasteiger partial charge in [-0.15, -0.1) is 12.4 Å². The molecule has 138 valence electrons. The van der Waals surface area contributed by atoms with Gasteiger partial charge in [0.25, 0.3) is 0 Å². The molecule has 0 amide bonds. The van der Waals surface area contributed by atoms with E-state index in [-0.39, 0.29) is 30.0 Å². The van der Waals surface area contributed by atoms with Gasteiger partial charge in [0.2, 0.25) is 0 Å². The Labute approximate surface area is 141 Å². The third-order valence-corrected chi connectivity index (χ3v) is 4.25. The van der Waals surface area contributed by atoms with Crippen molar-refractivity contribution in [1.29, 1.82) is 0 Å². The third-order valence-electron chi connectivity index (χ3n) is 4.25. The second-order valence-electron chi connectivity index (χ2n) is 5.90. The van der Waals surface area contributed by atoms with Crippen LogP contribution in [0, 0.1) is 5.92 Å². The van der Waals surface area contributed by atoms with E-state index < -0.39 is 35.6 Å². The summed E-state index contributed by atoms with van der Waals surface area (Å²) in [7, 11) is 0. The van der Waals surface area contributed by atoms with E-state index in [1.165, 1.54) is 0 Å². The number of alkyl halides is 6. The molecule has 1 aliphatic rings. The molecule has 0 aliphatic heterocycles. The Morgan fingerprint density at radius 1 is 0.917 bits per heavy atom. The van der Waals surface area contributed by atoms with Crippen LogP contribution in [0.2, 0.25) is 0 Å². The molecule has 0 radical (unpaired) electrons. The molecule has 1 aromatic rings. The van der Waals surface area contributed by atoms with Gasteiger partial charge < -0.3 is 10.8 Å². The Balaban J connectivity index is 0.00000288. The van der Waals surface area contributed by atoms with Crippen molar-refractivity contribution in [3.05, 3.63) is 34.9 Å². The van der Waals surface area contributed by atoms with Crippen LogP contribution in [0.25, 0.3) is 0 Å². The summed E-state index contributed by atoms with van der Waals surface area (Å²) >= 11 is 0. The monoisotopic (exact) mass is 377 g/mol. The van der Waals surface area contributed by atoms with Crippen molar-refractivity contribution in [2.75, 3.05) is 0 Å². The summed E-state index contributed by atoms with van der Waals surface area (Å²) < 4.78 is 77.0. The predicted molar refractivity (Wildman–Crippen MR) is 78.6 cm³/mol. The molecule has 0 spiro atoms. The summed E-state index contributed by atoms with van der Waals surface area (Å²) in [4.78, 5) is 0. The lowest BCUT2D eigenvalue weighted by molar-refractivity contribution is -0.143. The Kier molecular flexibility index (Phi) is 6.57. The van der Waals surface area contributed by atoms with E-state index in [9.17, 15) is 31.4 Å². The van der Waals surface area contributed by atoms with Gasteiger partial charge in [0.05, 0.1) is 23.3 Å². The van der Waals surface area contributed by atoms with Gasteiger partial charge in [0, 0.05) is 0 Å². The van der Waals surface area contributed by atoms with Gasteiger partial charge in [0.15, 0.2) is 0 Å². The fourth-order valence-electron chi connectivity index (χ4n) is 2.96. The lowest BCUT2D eigenvalue weighted by atomic mass is 9.89. The quantitative estimate of drug-likeness (QED) is 0.750. The summed E-state index contributed by atoms with van der Waals surface area (Å²) in [6.45, 7) is 0. The Morgan fingerprint density at radius 2 is 1.33 bits per heavy atom. The van der Waals surface area contributed by atoms with E-state index in [4.69, 9.17) is 5.73 Å². The number of hydrogen-bond donors (Lipinski definition) is 2. The van der Waals surface area contributed by atoms with Gasteiger partial charge in [-0.3, -0.25) is 0 Å². The number of halogens is 7. The minimum absolute atomic E-state index is 0. The highest BCUT2D eigenvalue weighted by molar-refractivity contribution is 5.85. The Bertz CT molecular complexity index is 522. The summed E-state index contributed by atoms with van der Waals surface area (Å²) in [6, 6.07) is -0.0737. The molecule has 2 rings (SSSR count). The minimum atomic E-state index is -4.92. The maximum atomic E-state index is 12.8. The van der Waals surface area contributed by atoms with Crippen LogP contribution in [0.15, 0.2) is 18.2 Å². The van der Waals surface area contributed by atoms with Gasteiger partial charge in [0.1, 0.15) is 0 Å². The average Bonchev–Trinajstić information content (AvgIpc) is 2.97. The molecule has 1 saturated carbocycles. The van der Waals surface area contributed by atoms with Crippen molar-refractivity contribution in [2.45, 2.75) is 50.2 Å². The number of aliphatic hydroxyl groups is 1. The van der Waals surface area contributed by atoms with Crippen molar-refractivity contribution in [1.82, 2.24) is 0 Å². The van der Waals surface area contributed by atoms with Gasteiger partial charge in [-0.05, 0) is 42.5 Å². The zero-order valence-corrected chi connectivity index (χ0v) is 13.3. The van der Waals surface area contributed by atoms with Crippen LogP contribution in [0.4, 0.5) is 26.3 Å². The van der Waals surface area contributed by atoms with E-state index >= 15 is 0 Å². The Morgan fingerprint density at radius 3 is 1.71 bits per heavy atom. The Hall–Kier alpha value is -0.990. The van der Waals surface area contributed by atoms with E-state index in [1.54, 1.807) is 0 Å². The zero-order chi connectivity index (χ0) is 17.4. The molecule has 24 heavy (non-hydrogen) atoms. The molecule has 1 aliphatic carbocycles. The number of nitrogens with two attached hydrogens (primary N) is 1. The van der Waals surface area contributed by atoms with Gasteiger partial charge in [-0.25, -0.2) is 0 Å². The van der Waals surface area contributed by atoms with Gasteiger partial charge in [-0.1, -0.05) is 12.8 Å². The number of benzene rings is 1. The van der Waals surface area contributed by atoms with Crippen LogP contribution in [0.1, 0.15) is 48.4 Å².